The summed E-state index contributed by atoms with van der Waals surface area (Å²) in [5.74, 6) is 4.84. The second-order valence-electron chi connectivity index (χ2n) is 9.22. The second kappa shape index (κ2) is 14.0. The molecular formula is C32H36NO3-. The van der Waals surface area contributed by atoms with Crippen molar-refractivity contribution >= 4 is 11.7 Å². The van der Waals surface area contributed by atoms with Crippen molar-refractivity contribution in [1.29, 1.82) is 0 Å². The SMILES string of the molecule is CCCCCCN(Cc1ccc(C#Cc2ccc(CCCC)cc2)cc1)c1ccc([O-])c(C(=O)O)c1. The molecule has 0 aliphatic carbocycles. The van der Waals surface area contributed by atoms with Crippen LogP contribution < -0.4 is 10.0 Å². The Hall–Kier alpha value is -3.71. The number of aromatic carboxylic acids is 1. The van der Waals surface area contributed by atoms with Gasteiger partial charge >= 0.3 is 5.97 Å². The molecule has 0 atom stereocenters. The van der Waals surface area contributed by atoms with Crippen molar-refractivity contribution in [2.75, 3.05) is 11.4 Å². The predicted octanol–water partition coefficient (Wildman–Crippen LogP) is 6.79. The van der Waals surface area contributed by atoms with Gasteiger partial charge in [0.15, 0.2) is 0 Å². The molecule has 0 amide bonds. The Kier molecular flexibility index (Phi) is 10.5. The van der Waals surface area contributed by atoms with E-state index < -0.39 is 11.7 Å². The lowest BCUT2D eigenvalue weighted by Crippen LogP contribution is -2.24. The van der Waals surface area contributed by atoms with Crippen LogP contribution >= 0.6 is 0 Å². The molecule has 0 spiro atoms. The fourth-order valence-corrected chi connectivity index (χ4v) is 4.10. The Morgan fingerprint density at radius 2 is 1.42 bits per heavy atom. The Balaban J connectivity index is 1.71. The summed E-state index contributed by atoms with van der Waals surface area (Å²) in [6.45, 7) is 5.82. The summed E-state index contributed by atoms with van der Waals surface area (Å²) in [5.41, 5.74) is 5.00. The smallest absolute Gasteiger partial charge is 0.335 e. The molecular weight excluding hydrogens is 446 g/mol. The summed E-state index contributed by atoms with van der Waals surface area (Å²) < 4.78 is 0. The van der Waals surface area contributed by atoms with Crippen molar-refractivity contribution in [2.45, 2.75) is 65.3 Å². The second-order valence-corrected chi connectivity index (χ2v) is 9.22. The van der Waals surface area contributed by atoms with Gasteiger partial charge in [-0.15, -0.1) is 0 Å². The maximum atomic E-state index is 11.9. The van der Waals surface area contributed by atoms with Gasteiger partial charge in [-0.05, 0) is 66.8 Å². The Morgan fingerprint density at radius 3 is 2.00 bits per heavy atom. The van der Waals surface area contributed by atoms with Crippen LogP contribution in [0.3, 0.4) is 0 Å². The van der Waals surface area contributed by atoms with Gasteiger partial charge in [-0.3, -0.25) is 0 Å². The Bertz CT molecular complexity index is 1170. The largest absolute Gasteiger partial charge is 0.872 e. The van der Waals surface area contributed by atoms with Crippen LogP contribution in [0, 0.1) is 11.8 Å². The van der Waals surface area contributed by atoms with E-state index in [0.717, 1.165) is 54.6 Å². The number of anilines is 1. The van der Waals surface area contributed by atoms with Crippen LogP contribution in [0.2, 0.25) is 0 Å². The van der Waals surface area contributed by atoms with Gasteiger partial charge in [0.05, 0.1) is 5.56 Å². The lowest BCUT2D eigenvalue weighted by atomic mass is 10.1. The molecule has 0 bridgehead atoms. The average molecular weight is 483 g/mol. The highest BCUT2D eigenvalue weighted by molar-refractivity contribution is 5.91. The van der Waals surface area contributed by atoms with Gasteiger partial charge in [0.2, 0.25) is 0 Å². The van der Waals surface area contributed by atoms with E-state index >= 15 is 0 Å². The lowest BCUT2D eigenvalue weighted by molar-refractivity contribution is -0.268. The summed E-state index contributed by atoms with van der Waals surface area (Å²) in [5, 5.41) is 21.3. The minimum absolute atomic E-state index is 0.185. The summed E-state index contributed by atoms with van der Waals surface area (Å²) in [7, 11) is 0. The fraction of sp³-hybridized carbons (Fsp3) is 0.344. The minimum atomic E-state index is -1.19. The molecule has 3 aromatic carbocycles. The van der Waals surface area contributed by atoms with Gasteiger partial charge in [-0.25, -0.2) is 4.79 Å². The molecule has 0 unspecified atom stereocenters. The van der Waals surface area contributed by atoms with Crippen molar-refractivity contribution in [3.63, 3.8) is 0 Å². The van der Waals surface area contributed by atoms with Crippen LogP contribution in [0.25, 0.3) is 0 Å². The number of rotatable bonds is 12. The van der Waals surface area contributed by atoms with Crippen molar-refractivity contribution in [2.24, 2.45) is 0 Å². The number of carboxylic acids is 1. The highest BCUT2D eigenvalue weighted by atomic mass is 16.4. The highest BCUT2D eigenvalue weighted by Crippen LogP contribution is 2.25. The van der Waals surface area contributed by atoms with Crippen LogP contribution in [0.4, 0.5) is 5.69 Å². The molecule has 0 aliphatic heterocycles. The van der Waals surface area contributed by atoms with Crippen molar-refractivity contribution in [3.05, 3.63) is 94.5 Å². The molecule has 188 valence electrons. The van der Waals surface area contributed by atoms with Gasteiger partial charge in [0, 0.05) is 29.9 Å². The summed E-state index contributed by atoms with van der Waals surface area (Å²) in [6.07, 6.45) is 7.97. The van der Waals surface area contributed by atoms with Crippen LogP contribution in [0.15, 0.2) is 66.7 Å². The number of nitrogens with zero attached hydrogens (tertiary/aromatic N) is 1. The highest BCUT2D eigenvalue weighted by Gasteiger charge is 2.12. The zero-order valence-electron chi connectivity index (χ0n) is 21.4. The van der Waals surface area contributed by atoms with Crippen LogP contribution in [0.5, 0.6) is 5.75 Å². The fourth-order valence-electron chi connectivity index (χ4n) is 4.10. The topological polar surface area (TPSA) is 63.6 Å². The third-order valence-corrected chi connectivity index (χ3v) is 6.29. The van der Waals surface area contributed by atoms with Crippen LogP contribution in [-0.4, -0.2) is 17.6 Å². The molecule has 4 nitrogen and oxygen atoms in total. The van der Waals surface area contributed by atoms with E-state index in [4.69, 9.17) is 0 Å². The number of benzene rings is 3. The van der Waals surface area contributed by atoms with E-state index in [1.54, 1.807) is 6.07 Å². The first kappa shape index (κ1) is 26.9. The number of aryl methyl sites for hydroxylation is 1. The predicted molar refractivity (Wildman–Crippen MR) is 146 cm³/mol. The van der Waals surface area contributed by atoms with Crippen molar-refractivity contribution in [3.8, 4) is 17.6 Å². The van der Waals surface area contributed by atoms with E-state index in [9.17, 15) is 15.0 Å². The number of hydrogen-bond acceptors (Lipinski definition) is 3. The number of carboxylic acid groups (broad SMARTS) is 1. The van der Waals surface area contributed by atoms with Crippen LogP contribution in [-0.2, 0) is 13.0 Å². The molecule has 3 aromatic rings. The zero-order valence-corrected chi connectivity index (χ0v) is 21.4. The third kappa shape index (κ3) is 8.20. The molecule has 36 heavy (non-hydrogen) atoms. The van der Waals surface area contributed by atoms with E-state index in [-0.39, 0.29) is 5.56 Å². The van der Waals surface area contributed by atoms with Crippen LogP contribution in [0.1, 0.15) is 85.0 Å². The molecule has 0 aliphatic rings. The first-order valence-electron chi connectivity index (χ1n) is 13.0. The maximum absolute atomic E-state index is 11.9. The van der Waals surface area contributed by atoms with E-state index in [1.165, 1.54) is 37.0 Å². The third-order valence-electron chi connectivity index (χ3n) is 6.29. The zero-order chi connectivity index (χ0) is 25.8. The molecule has 0 saturated heterocycles. The lowest BCUT2D eigenvalue weighted by Gasteiger charge is -2.26. The molecule has 0 saturated carbocycles. The summed E-state index contributed by atoms with van der Waals surface area (Å²) in [4.78, 5) is 13.6. The van der Waals surface area contributed by atoms with Crippen molar-refractivity contribution < 1.29 is 15.0 Å². The first-order valence-corrected chi connectivity index (χ1v) is 13.0. The minimum Gasteiger partial charge on any atom is -0.872 e. The molecule has 4 heteroatoms. The molecule has 0 radical (unpaired) electrons. The maximum Gasteiger partial charge on any atom is 0.335 e. The molecule has 3 rings (SSSR count). The average Bonchev–Trinajstić information content (AvgIpc) is 2.89. The molecule has 0 heterocycles. The monoisotopic (exact) mass is 482 g/mol. The van der Waals surface area contributed by atoms with Crippen molar-refractivity contribution in [1.82, 2.24) is 0 Å². The van der Waals surface area contributed by atoms with Gasteiger partial charge in [-0.2, -0.15) is 0 Å². The summed E-state index contributed by atoms with van der Waals surface area (Å²) >= 11 is 0. The van der Waals surface area contributed by atoms with E-state index in [2.05, 4.69) is 67.0 Å². The number of carbonyl (C=O) groups is 1. The number of unbranched alkanes of at least 4 members (excludes halogenated alkanes) is 4. The van der Waals surface area contributed by atoms with Gasteiger partial charge < -0.3 is 15.1 Å². The van der Waals surface area contributed by atoms with E-state index in [0.29, 0.717) is 6.54 Å². The number of hydrogen-bond donors (Lipinski definition) is 1. The van der Waals surface area contributed by atoms with Gasteiger partial charge in [0.1, 0.15) is 0 Å². The molecule has 0 fully saturated rings. The summed E-state index contributed by atoms with van der Waals surface area (Å²) in [6, 6.07) is 21.2. The van der Waals surface area contributed by atoms with Gasteiger partial charge in [-0.1, -0.05) is 87.5 Å². The first-order chi connectivity index (χ1) is 17.5. The normalized spacial score (nSPS) is 10.5. The van der Waals surface area contributed by atoms with Gasteiger partial charge in [0.25, 0.3) is 0 Å². The van der Waals surface area contributed by atoms with E-state index in [1.807, 2.05) is 12.1 Å². The Morgan fingerprint density at radius 1 is 0.806 bits per heavy atom. The molecule has 0 aromatic heterocycles. The Labute approximate surface area is 215 Å². The quantitative estimate of drug-likeness (QED) is 0.228. The molecule has 1 N–H and O–H groups in total. The standard InChI is InChI=1S/C32H37NO3/c1-3-5-7-8-22-33(29-20-21-31(34)30(23-29)32(35)36)24-28-18-16-27(17-19-28)15-14-26-12-10-25(11-13-26)9-6-4-2/h10-13,16-21,23,34H,3-9,22,24H2,1-2H3,(H,35,36)/p-1.